The van der Waals surface area contributed by atoms with Crippen LogP contribution in [0.25, 0.3) is 16.7 Å². The van der Waals surface area contributed by atoms with Crippen molar-refractivity contribution in [1.29, 1.82) is 0 Å². The van der Waals surface area contributed by atoms with Crippen molar-refractivity contribution >= 4 is 16.7 Å². The van der Waals surface area contributed by atoms with Crippen LogP contribution in [0.4, 0.5) is 0 Å². The standard InChI is InChI=1S/C18H18N4O/c1-12-9-17-16(7-8-18-20-19-13(2)22(17)18)21(12)10-14-3-5-15(11-23)6-4-14/h3-9,23H,10-11H2,1-2H3. The van der Waals surface area contributed by atoms with E-state index in [4.69, 9.17) is 5.11 Å². The van der Waals surface area contributed by atoms with Crippen molar-refractivity contribution in [2.75, 3.05) is 0 Å². The van der Waals surface area contributed by atoms with Crippen LogP contribution in [0.1, 0.15) is 22.6 Å². The maximum absolute atomic E-state index is 9.16. The highest BCUT2D eigenvalue weighted by atomic mass is 16.3. The zero-order valence-corrected chi connectivity index (χ0v) is 13.2. The zero-order valence-electron chi connectivity index (χ0n) is 13.2. The molecule has 0 atom stereocenters. The lowest BCUT2D eigenvalue weighted by atomic mass is 10.1. The van der Waals surface area contributed by atoms with E-state index in [-0.39, 0.29) is 6.61 Å². The number of hydrogen-bond donors (Lipinski definition) is 1. The Morgan fingerprint density at radius 2 is 1.65 bits per heavy atom. The number of fused-ring (bicyclic) bond motifs is 3. The molecule has 0 aliphatic heterocycles. The van der Waals surface area contributed by atoms with Crippen LogP contribution in [0.2, 0.25) is 0 Å². The molecule has 0 unspecified atom stereocenters. The third-order valence-electron chi connectivity index (χ3n) is 4.35. The van der Waals surface area contributed by atoms with Crippen molar-refractivity contribution in [2.24, 2.45) is 0 Å². The molecule has 0 amide bonds. The minimum Gasteiger partial charge on any atom is -0.392 e. The van der Waals surface area contributed by atoms with Crippen molar-refractivity contribution in [3.8, 4) is 0 Å². The molecule has 3 aromatic heterocycles. The third kappa shape index (κ3) is 2.21. The van der Waals surface area contributed by atoms with Gasteiger partial charge in [0.25, 0.3) is 0 Å². The van der Waals surface area contributed by atoms with E-state index < -0.39 is 0 Å². The van der Waals surface area contributed by atoms with E-state index in [2.05, 4.69) is 50.4 Å². The molecule has 23 heavy (non-hydrogen) atoms. The summed E-state index contributed by atoms with van der Waals surface area (Å²) in [5, 5.41) is 17.5. The van der Waals surface area contributed by atoms with Gasteiger partial charge in [0.1, 0.15) is 5.82 Å². The Labute approximate surface area is 133 Å². The number of rotatable bonds is 3. The van der Waals surface area contributed by atoms with Crippen molar-refractivity contribution in [3.05, 3.63) is 65.1 Å². The first-order valence-corrected chi connectivity index (χ1v) is 7.66. The quantitative estimate of drug-likeness (QED) is 0.633. The fourth-order valence-electron chi connectivity index (χ4n) is 3.11. The second-order valence-corrected chi connectivity index (χ2v) is 5.89. The largest absolute Gasteiger partial charge is 0.392 e. The van der Waals surface area contributed by atoms with Gasteiger partial charge in [-0.2, -0.15) is 0 Å². The van der Waals surface area contributed by atoms with Crippen molar-refractivity contribution in [3.63, 3.8) is 0 Å². The summed E-state index contributed by atoms with van der Waals surface area (Å²) in [6, 6.07) is 14.4. The molecule has 5 heteroatoms. The van der Waals surface area contributed by atoms with Gasteiger partial charge in [-0.05, 0) is 43.2 Å². The molecule has 3 heterocycles. The molecule has 4 aromatic rings. The van der Waals surface area contributed by atoms with Gasteiger partial charge in [0.15, 0.2) is 5.65 Å². The highest BCUT2D eigenvalue weighted by molar-refractivity contribution is 5.81. The highest BCUT2D eigenvalue weighted by Gasteiger charge is 2.11. The summed E-state index contributed by atoms with van der Waals surface area (Å²) >= 11 is 0. The molecule has 0 saturated heterocycles. The summed E-state index contributed by atoms with van der Waals surface area (Å²) in [5.74, 6) is 0.898. The minimum atomic E-state index is 0.0800. The van der Waals surface area contributed by atoms with Crippen molar-refractivity contribution in [1.82, 2.24) is 19.2 Å². The normalized spacial score (nSPS) is 11.6. The zero-order chi connectivity index (χ0) is 16.0. The third-order valence-corrected chi connectivity index (χ3v) is 4.35. The summed E-state index contributed by atoms with van der Waals surface area (Å²) in [6.45, 7) is 4.97. The van der Waals surface area contributed by atoms with Gasteiger partial charge >= 0.3 is 0 Å². The molecule has 0 spiro atoms. The minimum absolute atomic E-state index is 0.0800. The monoisotopic (exact) mass is 306 g/mol. The molecule has 0 aliphatic rings. The van der Waals surface area contributed by atoms with Gasteiger partial charge < -0.3 is 9.67 Å². The fourth-order valence-corrected chi connectivity index (χ4v) is 3.11. The lowest BCUT2D eigenvalue weighted by molar-refractivity contribution is 0.282. The Balaban J connectivity index is 1.84. The van der Waals surface area contributed by atoms with E-state index in [9.17, 15) is 0 Å². The van der Waals surface area contributed by atoms with Crippen LogP contribution in [-0.2, 0) is 13.2 Å². The summed E-state index contributed by atoms with van der Waals surface area (Å²) in [7, 11) is 0. The van der Waals surface area contributed by atoms with Crippen LogP contribution in [0.5, 0.6) is 0 Å². The number of aryl methyl sites for hydroxylation is 2. The maximum atomic E-state index is 9.16. The maximum Gasteiger partial charge on any atom is 0.161 e. The number of benzene rings is 1. The van der Waals surface area contributed by atoms with E-state index in [0.29, 0.717) is 0 Å². The number of nitrogens with zero attached hydrogens (tertiary/aromatic N) is 4. The van der Waals surface area contributed by atoms with E-state index in [0.717, 1.165) is 29.1 Å². The van der Waals surface area contributed by atoms with Gasteiger partial charge in [-0.3, -0.25) is 4.40 Å². The molecule has 0 fully saturated rings. The Morgan fingerprint density at radius 1 is 0.913 bits per heavy atom. The Morgan fingerprint density at radius 3 is 2.39 bits per heavy atom. The second-order valence-electron chi connectivity index (χ2n) is 5.89. The fraction of sp³-hybridized carbons (Fsp3) is 0.222. The molecular formula is C18H18N4O. The Hall–Kier alpha value is -2.66. The predicted molar refractivity (Wildman–Crippen MR) is 89.4 cm³/mol. The SMILES string of the molecule is Cc1cc2c(ccc3nnc(C)n32)n1Cc1ccc(CO)cc1. The average molecular weight is 306 g/mol. The van der Waals surface area contributed by atoms with Crippen LogP contribution < -0.4 is 0 Å². The van der Waals surface area contributed by atoms with Gasteiger partial charge in [0.2, 0.25) is 0 Å². The van der Waals surface area contributed by atoms with Gasteiger partial charge in [-0.25, -0.2) is 0 Å². The lowest BCUT2D eigenvalue weighted by Crippen LogP contribution is -2.02. The van der Waals surface area contributed by atoms with Crippen LogP contribution in [0.15, 0.2) is 42.5 Å². The number of aromatic nitrogens is 4. The first-order valence-electron chi connectivity index (χ1n) is 7.66. The van der Waals surface area contributed by atoms with Crippen molar-refractivity contribution in [2.45, 2.75) is 27.0 Å². The average Bonchev–Trinajstić information content (AvgIpc) is 3.09. The Kier molecular flexibility index (Phi) is 3.16. The summed E-state index contributed by atoms with van der Waals surface area (Å²) in [6.07, 6.45) is 0. The van der Waals surface area contributed by atoms with Crippen LogP contribution >= 0.6 is 0 Å². The summed E-state index contributed by atoms with van der Waals surface area (Å²) in [5.41, 5.74) is 6.53. The van der Waals surface area contributed by atoms with Gasteiger partial charge in [-0.1, -0.05) is 24.3 Å². The Bertz CT molecular complexity index is 995. The van der Waals surface area contributed by atoms with E-state index in [1.165, 1.54) is 16.8 Å². The van der Waals surface area contributed by atoms with Crippen molar-refractivity contribution < 1.29 is 5.11 Å². The molecular weight excluding hydrogens is 288 g/mol. The lowest BCUT2D eigenvalue weighted by Gasteiger charge is -2.09. The molecule has 1 aromatic carbocycles. The number of aliphatic hydroxyl groups is 1. The molecule has 5 nitrogen and oxygen atoms in total. The number of hydrogen-bond acceptors (Lipinski definition) is 3. The highest BCUT2D eigenvalue weighted by Crippen LogP contribution is 2.23. The van der Waals surface area contributed by atoms with E-state index in [1.54, 1.807) is 0 Å². The first kappa shape index (κ1) is 14.0. The summed E-state index contributed by atoms with van der Waals surface area (Å²) in [4.78, 5) is 0. The van der Waals surface area contributed by atoms with Gasteiger partial charge in [0, 0.05) is 12.2 Å². The van der Waals surface area contributed by atoms with Crippen LogP contribution in [-0.4, -0.2) is 24.3 Å². The topological polar surface area (TPSA) is 55.4 Å². The van der Waals surface area contributed by atoms with E-state index in [1.807, 2.05) is 25.1 Å². The van der Waals surface area contributed by atoms with Crippen LogP contribution in [0, 0.1) is 13.8 Å². The predicted octanol–water partition coefficient (Wildman–Crippen LogP) is 2.84. The molecule has 1 N–H and O–H groups in total. The number of pyridine rings is 1. The molecule has 116 valence electrons. The second kappa shape index (κ2) is 5.21. The molecule has 4 rings (SSSR count). The number of aliphatic hydroxyl groups excluding tert-OH is 1. The first-order chi connectivity index (χ1) is 11.2. The van der Waals surface area contributed by atoms with Crippen LogP contribution in [0.3, 0.4) is 0 Å². The van der Waals surface area contributed by atoms with Gasteiger partial charge in [-0.15, -0.1) is 10.2 Å². The molecule has 0 aliphatic carbocycles. The smallest absolute Gasteiger partial charge is 0.161 e. The molecule has 0 radical (unpaired) electrons. The van der Waals surface area contributed by atoms with Gasteiger partial charge in [0.05, 0.1) is 17.6 Å². The molecule has 0 bridgehead atoms. The van der Waals surface area contributed by atoms with E-state index >= 15 is 0 Å². The molecule has 0 saturated carbocycles. The summed E-state index contributed by atoms with van der Waals surface area (Å²) < 4.78 is 4.38.